The standard InChI is InChI=1S/C50H93NO8/c1-3-5-7-8-9-10-11-12-13-14-15-16-17-18-19-20-21-22-23-24-25-26-27-28-29-30-31-32-33-34-35-36-38-40-46(54)51-43(44(53)39-37-6-4-2)42-58-50-49(57)48(56)47(55)45(41-52)59-50/h11-12,14-15,17-18,43-45,47-50,52-53,55-57H,3-10,13,16,19-42H2,1-2H3,(H,51,54)/b12-11-,15-14-,18-17-. The zero-order valence-corrected chi connectivity index (χ0v) is 38.0. The predicted octanol–water partition coefficient (Wildman–Crippen LogP) is 10.8. The van der Waals surface area contributed by atoms with Gasteiger partial charge in [-0.1, -0.05) is 198 Å². The monoisotopic (exact) mass is 836 g/mol. The lowest BCUT2D eigenvalue weighted by atomic mass is 9.99. The Morgan fingerprint density at radius 2 is 1.00 bits per heavy atom. The molecule has 0 aromatic carbocycles. The molecule has 0 spiro atoms. The summed E-state index contributed by atoms with van der Waals surface area (Å²) in [5.74, 6) is -0.155. The minimum Gasteiger partial charge on any atom is -0.394 e. The molecule has 1 aliphatic heterocycles. The Bertz CT molecular complexity index is 1020. The van der Waals surface area contributed by atoms with Crippen LogP contribution in [0.4, 0.5) is 0 Å². The van der Waals surface area contributed by atoms with Crippen LogP contribution in [0.5, 0.6) is 0 Å². The second-order valence-electron chi connectivity index (χ2n) is 17.3. The highest BCUT2D eigenvalue weighted by molar-refractivity contribution is 5.76. The van der Waals surface area contributed by atoms with E-state index < -0.39 is 49.5 Å². The van der Waals surface area contributed by atoms with Gasteiger partial charge in [-0.15, -0.1) is 0 Å². The summed E-state index contributed by atoms with van der Waals surface area (Å²) in [6.07, 6.45) is 44.2. The first-order chi connectivity index (χ1) is 28.8. The lowest BCUT2D eigenvalue weighted by Gasteiger charge is -2.40. The van der Waals surface area contributed by atoms with Crippen LogP contribution in [0.3, 0.4) is 0 Å². The van der Waals surface area contributed by atoms with Gasteiger partial charge in [0, 0.05) is 6.42 Å². The topological polar surface area (TPSA) is 149 Å². The Kier molecular flexibility index (Phi) is 38.0. The van der Waals surface area contributed by atoms with Gasteiger partial charge >= 0.3 is 0 Å². The van der Waals surface area contributed by atoms with E-state index in [1.54, 1.807) is 0 Å². The molecule has 6 N–H and O–H groups in total. The van der Waals surface area contributed by atoms with Gasteiger partial charge < -0.3 is 40.3 Å². The van der Waals surface area contributed by atoms with Crippen LogP contribution >= 0.6 is 0 Å². The summed E-state index contributed by atoms with van der Waals surface area (Å²) in [6.45, 7) is 3.65. The molecule has 9 nitrogen and oxygen atoms in total. The first kappa shape index (κ1) is 55.4. The molecule has 9 heteroatoms. The Balaban J connectivity index is 1.97. The van der Waals surface area contributed by atoms with Crippen LogP contribution in [0.15, 0.2) is 36.5 Å². The van der Waals surface area contributed by atoms with Crippen molar-refractivity contribution in [1.82, 2.24) is 5.32 Å². The fourth-order valence-electron chi connectivity index (χ4n) is 7.76. The molecule has 7 unspecified atom stereocenters. The highest BCUT2D eigenvalue weighted by Crippen LogP contribution is 2.23. The molecule has 0 aromatic rings. The van der Waals surface area contributed by atoms with Crippen LogP contribution in [-0.2, 0) is 14.3 Å². The number of carbonyl (C=O) groups excluding carboxylic acids is 1. The van der Waals surface area contributed by atoms with Crippen molar-refractivity contribution in [2.45, 2.75) is 262 Å². The first-order valence-corrected chi connectivity index (χ1v) is 24.7. The second kappa shape index (κ2) is 40.5. The largest absolute Gasteiger partial charge is 0.394 e. The van der Waals surface area contributed by atoms with Crippen LogP contribution in [0.25, 0.3) is 0 Å². The lowest BCUT2D eigenvalue weighted by molar-refractivity contribution is -0.302. The fourth-order valence-corrected chi connectivity index (χ4v) is 7.76. The quantitative estimate of drug-likeness (QED) is 0.0263. The third-order valence-corrected chi connectivity index (χ3v) is 11.7. The van der Waals surface area contributed by atoms with Gasteiger partial charge in [0.15, 0.2) is 6.29 Å². The van der Waals surface area contributed by atoms with E-state index in [2.05, 4.69) is 55.6 Å². The van der Waals surface area contributed by atoms with E-state index in [1.165, 1.54) is 141 Å². The van der Waals surface area contributed by atoms with Gasteiger partial charge in [0.25, 0.3) is 0 Å². The van der Waals surface area contributed by atoms with Gasteiger partial charge in [0.05, 0.1) is 25.4 Å². The van der Waals surface area contributed by atoms with E-state index in [0.717, 1.165) is 51.4 Å². The van der Waals surface area contributed by atoms with Gasteiger partial charge in [-0.25, -0.2) is 0 Å². The molecule has 1 rings (SSSR count). The highest BCUT2D eigenvalue weighted by Gasteiger charge is 2.44. The van der Waals surface area contributed by atoms with Crippen molar-refractivity contribution >= 4 is 5.91 Å². The molecule has 1 aliphatic rings. The average molecular weight is 836 g/mol. The van der Waals surface area contributed by atoms with Gasteiger partial charge in [-0.3, -0.25) is 4.79 Å². The SMILES string of the molecule is CCCCCCC/C=C\C/C=C\C/C=C\CCCCCCCCCCCCCCCCCCCCC(=O)NC(COC1OC(CO)C(O)C(O)C1O)C(O)CCCCC. The number of carbonyl (C=O) groups is 1. The van der Waals surface area contributed by atoms with Gasteiger partial charge in [0.1, 0.15) is 24.4 Å². The summed E-state index contributed by atoms with van der Waals surface area (Å²) in [5, 5.41) is 53.6. The lowest BCUT2D eigenvalue weighted by Crippen LogP contribution is -2.60. The number of hydrogen-bond acceptors (Lipinski definition) is 8. The molecule has 1 fully saturated rings. The van der Waals surface area contributed by atoms with Crippen molar-refractivity contribution in [3.8, 4) is 0 Å². The van der Waals surface area contributed by atoms with Gasteiger partial charge in [-0.05, 0) is 51.4 Å². The van der Waals surface area contributed by atoms with Crippen LogP contribution in [0.2, 0.25) is 0 Å². The molecule has 346 valence electrons. The summed E-state index contributed by atoms with van der Waals surface area (Å²) in [7, 11) is 0. The predicted molar refractivity (Wildman–Crippen MR) is 244 cm³/mol. The molecule has 0 aromatic heterocycles. The number of amides is 1. The maximum atomic E-state index is 12.8. The van der Waals surface area contributed by atoms with Crippen molar-refractivity contribution in [1.29, 1.82) is 0 Å². The molecule has 1 amide bonds. The smallest absolute Gasteiger partial charge is 0.220 e. The second-order valence-corrected chi connectivity index (χ2v) is 17.3. The Morgan fingerprint density at radius 3 is 1.47 bits per heavy atom. The summed E-state index contributed by atoms with van der Waals surface area (Å²) in [5.41, 5.74) is 0. The normalized spacial score (nSPS) is 21.0. The molecule has 0 aliphatic carbocycles. The third kappa shape index (κ3) is 31.0. The maximum absolute atomic E-state index is 12.8. The van der Waals surface area contributed by atoms with E-state index in [0.29, 0.717) is 12.8 Å². The Morgan fingerprint density at radius 1 is 0.576 bits per heavy atom. The highest BCUT2D eigenvalue weighted by atomic mass is 16.7. The van der Waals surface area contributed by atoms with E-state index in [-0.39, 0.29) is 12.5 Å². The van der Waals surface area contributed by atoms with Crippen molar-refractivity contribution in [2.24, 2.45) is 0 Å². The number of nitrogens with one attached hydrogen (secondary N) is 1. The van der Waals surface area contributed by atoms with Crippen LogP contribution < -0.4 is 5.32 Å². The molecule has 1 saturated heterocycles. The summed E-state index contributed by atoms with van der Waals surface area (Å²) in [4.78, 5) is 12.8. The molecule has 1 heterocycles. The minimum absolute atomic E-state index is 0.141. The Hall–Kier alpha value is -1.59. The maximum Gasteiger partial charge on any atom is 0.220 e. The summed E-state index contributed by atoms with van der Waals surface area (Å²) in [6, 6.07) is -0.712. The molecular weight excluding hydrogens is 743 g/mol. The number of rotatable bonds is 41. The summed E-state index contributed by atoms with van der Waals surface area (Å²) < 4.78 is 11.1. The van der Waals surface area contributed by atoms with E-state index in [9.17, 15) is 30.3 Å². The van der Waals surface area contributed by atoms with Crippen LogP contribution in [0.1, 0.15) is 219 Å². The molecule has 7 atom stereocenters. The van der Waals surface area contributed by atoms with E-state index >= 15 is 0 Å². The van der Waals surface area contributed by atoms with Crippen LogP contribution in [0, 0.1) is 0 Å². The number of ether oxygens (including phenoxy) is 2. The van der Waals surface area contributed by atoms with E-state index in [1.807, 2.05) is 0 Å². The Labute approximate surface area is 361 Å². The number of aliphatic hydroxyl groups is 5. The number of aliphatic hydroxyl groups excluding tert-OH is 5. The van der Waals surface area contributed by atoms with Gasteiger partial charge in [0.2, 0.25) is 5.91 Å². The van der Waals surface area contributed by atoms with Crippen LogP contribution in [-0.4, -0.2) is 87.5 Å². The number of unbranched alkanes of at least 4 members (excludes halogenated alkanes) is 25. The summed E-state index contributed by atoms with van der Waals surface area (Å²) >= 11 is 0. The van der Waals surface area contributed by atoms with Gasteiger partial charge in [-0.2, -0.15) is 0 Å². The van der Waals surface area contributed by atoms with Crippen molar-refractivity contribution in [3.63, 3.8) is 0 Å². The molecule has 59 heavy (non-hydrogen) atoms. The van der Waals surface area contributed by atoms with Crippen molar-refractivity contribution in [2.75, 3.05) is 13.2 Å². The van der Waals surface area contributed by atoms with Crippen molar-refractivity contribution in [3.05, 3.63) is 36.5 Å². The molecule has 0 bridgehead atoms. The molecule has 0 radical (unpaired) electrons. The van der Waals surface area contributed by atoms with E-state index in [4.69, 9.17) is 9.47 Å². The number of hydrogen-bond donors (Lipinski definition) is 6. The zero-order valence-electron chi connectivity index (χ0n) is 38.0. The van der Waals surface area contributed by atoms with Crippen molar-refractivity contribution < 1.29 is 39.8 Å². The fraction of sp³-hybridized carbons (Fsp3) is 0.860. The molecule has 0 saturated carbocycles. The number of allylic oxidation sites excluding steroid dienone is 6. The zero-order chi connectivity index (χ0) is 43.0. The average Bonchev–Trinajstić information content (AvgIpc) is 3.23. The third-order valence-electron chi connectivity index (χ3n) is 11.7. The first-order valence-electron chi connectivity index (χ1n) is 24.7. The minimum atomic E-state index is -1.55. The molecular formula is C50H93NO8.